The summed E-state index contributed by atoms with van der Waals surface area (Å²) in [4.78, 5) is 37.8. The molecule has 138 valence electrons. The molecule has 0 radical (unpaired) electrons. The van der Waals surface area contributed by atoms with Crippen LogP contribution in [0.4, 0.5) is 0 Å². The highest BCUT2D eigenvalue weighted by atomic mass is 16.6. The summed E-state index contributed by atoms with van der Waals surface area (Å²) < 4.78 is 12.4. The number of ether oxygens (including phenoxy) is 2. The molecule has 0 aliphatic carbocycles. The molecule has 8 heteroatoms. The van der Waals surface area contributed by atoms with Crippen LogP contribution in [0.3, 0.4) is 0 Å². The fraction of sp³-hybridized carbons (Fsp3) is 0.389. The molecule has 1 aromatic carbocycles. The zero-order valence-electron chi connectivity index (χ0n) is 14.4. The summed E-state index contributed by atoms with van der Waals surface area (Å²) in [5.41, 5.74) is -0.329. The lowest BCUT2D eigenvalue weighted by molar-refractivity contribution is -0.0843. The van der Waals surface area contributed by atoms with E-state index >= 15 is 0 Å². The molecule has 2 N–H and O–H groups in total. The van der Waals surface area contributed by atoms with Crippen molar-refractivity contribution in [2.75, 3.05) is 0 Å². The molecule has 8 nitrogen and oxygen atoms in total. The van der Waals surface area contributed by atoms with Crippen LogP contribution < -0.4 is 11.2 Å². The smallest absolute Gasteiger partial charge is 0.338 e. The van der Waals surface area contributed by atoms with E-state index in [1.807, 2.05) is 0 Å². The number of esters is 1. The number of aliphatic hydroxyl groups is 1. The highest BCUT2D eigenvalue weighted by Gasteiger charge is 2.40. The van der Waals surface area contributed by atoms with E-state index in [1.165, 1.54) is 10.8 Å². The minimum atomic E-state index is -0.919. The Balaban J connectivity index is 1.72. The van der Waals surface area contributed by atoms with Gasteiger partial charge in [0.2, 0.25) is 0 Å². The summed E-state index contributed by atoms with van der Waals surface area (Å²) in [6, 6.07) is 8.50. The van der Waals surface area contributed by atoms with Gasteiger partial charge < -0.3 is 14.6 Å². The first-order valence-corrected chi connectivity index (χ1v) is 8.28. The van der Waals surface area contributed by atoms with Crippen LogP contribution in [-0.2, 0) is 9.47 Å². The zero-order valence-corrected chi connectivity index (χ0v) is 14.4. The van der Waals surface area contributed by atoms with Crippen molar-refractivity contribution in [2.24, 2.45) is 0 Å². The second kappa shape index (κ2) is 7.27. The van der Waals surface area contributed by atoms with Gasteiger partial charge in [-0.25, -0.2) is 9.59 Å². The predicted octanol–water partition coefficient (Wildman–Crippen LogP) is 0.739. The van der Waals surface area contributed by atoms with E-state index in [4.69, 9.17) is 9.47 Å². The number of aryl methyl sites for hydroxylation is 1. The number of carbonyl (C=O) groups excluding carboxylic acids is 1. The van der Waals surface area contributed by atoms with Crippen molar-refractivity contribution in [1.82, 2.24) is 9.55 Å². The maximum Gasteiger partial charge on any atom is 0.338 e. The molecular formula is C18H20N2O6. The summed E-state index contributed by atoms with van der Waals surface area (Å²) in [7, 11) is 0. The van der Waals surface area contributed by atoms with Crippen molar-refractivity contribution in [2.45, 2.75) is 44.8 Å². The van der Waals surface area contributed by atoms with Crippen LogP contribution in [0.25, 0.3) is 0 Å². The van der Waals surface area contributed by atoms with Gasteiger partial charge in [-0.1, -0.05) is 18.2 Å². The van der Waals surface area contributed by atoms with E-state index in [1.54, 1.807) is 44.2 Å². The molecule has 2 aromatic rings. The Labute approximate surface area is 149 Å². The molecule has 2 heterocycles. The number of rotatable bonds is 4. The average molecular weight is 360 g/mol. The van der Waals surface area contributed by atoms with Gasteiger partial charge in [0.05, 0.1) is 11.7 Å². The van der Waals surface area contributed by atoms with Gasteiger partial charge in [0, 0.05) is 18.2 Å². The number of hydrogen-bond acceptors (Lipinski definition) is 6. The van der Waals surface area contributed by atoms with E-state index < -0.39 is 41.8 Å². The SMILES string of the molecule is Cc1cn([C@H]2C[C@H](O)[C@@H]([C@@H](C)OC(=O)c3ccccc3)O2)c(=O)[nH]c1=O. The van der Waals surface area contributed by atoms with Gasteiger partial charge in [0.1, 0.15) is 18.4 Å². The van der Waals surface area contributed by atoms with Crippen molar-refractivity contribution in [3.8, 4) is 0 Å². The Bertz CT molecular complexity index is 904. The topological polar surface area (TPSA) is 111 Å². The van der Waals surface area contributed by atoms with Crippen molar-refractivity contribution < 1.29 is 19.4 Å². The number of aliphatic hydroxyl groups excluding tert-OH is 1. The van der Waals surface area contributed by atoms with Crippen molar-refractivity contribution in [3.05, 3.63) is 68.5 Å². The molecule has 3 rings (SSSR count). The van der Waals surface area contributed by atoms with Gasteiger partial charge in [-0.15, -0.1) is 0 Å². The lowest BCUT2D eigenvalue weighted by atomic mass is 10.1. The van der Waals surface area contributed by atoms with Crippen LogP contribution in [0, 0.1) is 6.92 Å². The Hall–Kier alpha value is -2.71. The molecule has 0 spiro atoms. The number of carbonyl (C=O) groups is 1. The van der Waals surface area contributed by atoms with Crippen molar-refractivity contribution >= 4 is 5.97 Å². The monoisotopic (exact) mass is 360 g/mol. The third-order valence-electron chi connectivity index (χ3n) is 4.36. The normalized spacial score (nSPS) is 23.6. The molecule has 0 amide bonds. The third kappa shape index (κ3) is 3.61. The van der Waals surface area contributed by atoms with Gasteiger partial charge in [-0.05, 0) is 26.0 Å². The molecule has 4 atom stereocenters. The molecule has 1 aliphatic rings. The number of benzene rings is 1. The van der Waals surface area contributed by atoms with Gasteiger partial charge in [-0.2, -0.15) is 0 Å². The number of aromatic nitrogens is 2. The molecule has 0 saturated carbocycles. The lowest BCUT2D eigenvalue weighted by Gasteiger charge is -2.22. The second-order valence-electron chi connectivity index (χ2n) is 6.31. The summed E-state index contributed by atoms with van der Waals surface area (Å²) in [6.07, 6.45) is -1.65. The fourth-order valence-corrected chi connectivity index (χ4v) is 2.95. The molecule has 26 heavy (non-hydrogen) atoms. The van der Waals surface area contributed by atoms with E-state index in [-0.39, 0.29) is 6.42 Å². The number of nitrogens with zero attached hydrogens (tertiary/aromatic N) is 1. The van der Waals surface area contributed by atoms with Gasteiger partial charge in [-0.3, -0.25) is 14.3 Å². The van der Waals surface area contributed by atoms with Crippen LogP contribution in [0.1, 0.15) is 35.5 Å². The van der Waals surface area contributed by atoms with E-state index in [0.717, 1.165) is 0 Å². The first kappa shape index (κ1) is 18.1. The van der Waals surface area contributed by atoms with E-state index in [9.17, 15) is 19.5 Å². The van der Waals surface area contributed by atoms with Gasteiger partial charge >= 0.3 is 11.7 Å². The van der Waals surface area contributed by atoms with Crippen LogP contribution >= 0.6 is 0 Å². The molecule has 0 unspecified atom stereocenters. The van der Waals surface area contributed by atoms with Gasteiger partial charge in [0.15, 0.2) is 0 Å². The van der Waals surface area contributed by atoms with Crippen LogP contribution in [-0.4, -0.2) is 38.9 Å². The van der Waals surface area contributed by atoms with Crippen molar-refractivity contribution in [1.29, 1.82) is 0 Å². The standard InChI is InChI=1S/C18H20N2O6/c1-10-9-20(18(24)19-16(10)22)14-8-13(21)15(26-14)11(2)25-17(23)12-6-4-3-5-7-12/h3-7,9,11,13-15,21H,8H2,1-2H3,(H,19,22,24)/t11-,13+,14-,15-/m1/s1. The Kier molecular flexibility index (Phi) is 5.06. The van der Waals surface area contributed by atoms with Gasteiger partial charge in [0.25, 0.3) is 5.56 Å². The summed E-state index contributed by atoms with van der Waals surface area (Å²) >= 11 is 0. The minimum Gasteiger partial charge on any atom is -0.456 e. The minimum absolute atomic E-state index is 0.142. The van der Waals surface area contributed by atoms with Crippen molar-refractivity contribution in [3.63, 3.8) is 0 Å². The predicted molar refractivity (Wildman–Crippen MR) is 91.9 cm³/mol. The summed E-state index contributed by atoms with van der Waals surface area (Å²) in [6.45, 7) is 3.19. The molecule has 0 bridgehead atoms. The first-order valence-electron chi connectivity index (χ1n) is 8.28. The summed E-state index contributed by atoms with van der Waals surface area (Å²) in [5, 5.41) is 10.3. The Morgan fingerprint density at radius 2 is 2.04 bits per heavy atom. The molecule has 1 saturated heterocycles. The summed E-state index contributed by atoms with van der Waals surface area (Å²) in [5.74, 6) is -0.519. The molecule has 1 fully saturated rings. The quantitative estimate of drug-likeness (QED) is 0.778. The van der Waals surface area contributed by atoms with Crippen LogP contribution in [0.5, 0.6) is 0 Å². The van der Waals surface area contributed by atoms with E-state index in [2.05, 4.69) is 4.98 Å². The first-order chi connectivity index (χ1) is 12.4. The Morgan fingerprint density at radius 3 is 2.73 bits per heavy atom. The largest absolute Gasteiger partial charge is 0.456 e. The van der Waals surface area contributed by atoms with Crippen LogP contribution in [0.2, 0.25) is 0 Å². The fourth-order valence-electron chi connectivity index (χ4n) is 2.95. The van der Waals surface area contributed by atoms with Crippen LogP contribution in [0.15, 0.2) is 46.1 Å². The molecule has 1 aliphatic heterocycles. The van der Waals surface area contributed by atoms with E-state index in [0.29, 0.717) is 11.1 Å². The third-order valence-corrected chi connectivity index (χ3v) is 4.36. The highest BCUT2D eigenvalue weighted by molar-refractivity contribution is 5.89. The Morgan fingerprint density at radius 1 is 1.35 bits per heavy atom. The molecular weight excluding hydrogens is 340 g/mol. The maximum atomic E-state index is 12.2. The molecule has 1 aromatic heterocycles. The second-order valence-corrected chi connectivity index (χ2v) is 6.31. The number of nitrogens with one attached hydrogen (secondary N) is 1. The maximum absolute atomic E-state index is 12.2. The number of hydrogen-bond donors (Lipinski definition) is 2. The number of H-pyrrole nitrogens is 1. The highest BCUT2D eigenvalue weighted by Crippen LogP contribution is 2.30. The average Bonchev–Trinajstić information content (AvgIpc) is 3.00. The zero-order chi connectivity index (χ0) is 18.8. The lowest BCUT2D eigenvalue weighted by Crippen LogP contribution is -2.36. The number of aromatic amines is 1.